The molecule has 1 aromatic rings. The first-order chi connectivity index (χ1) is 9.72. The lowest BCUT2D eigenvalue weighted by molar-refractivity contribution is 0.588. The van der Waals surface area contributed by atoms with E-state index in [4.69, 9.17) is 0 Å². The summed E-state index contributed by atoms with van der Waals surface area (Å²) in [5.74, 6) is 1.26. The van der Waals surface area contributed by atoms with Crippen LogP contribution in [0.2, 0.25) is 0 Å². The van der Waals surface area contributed by atoms with Crippen molar-refractivity contribution < 1.29 is 0 Å². The van der Waals surface area contributed by atoms with Gasteiger partial charge in [-0.05, 0) is 29.9 Å². The zero-order valence-corrected chi connectivity index (χ0v) is 14.3. The number of rotatable bonds is 11. The predicted octanol–water partition coefficient (Wildman–Crippen LogP) is 5.64. The standard InChI is InChI=1S/C18H31NS/c1-4-5-6-7-8-9-14-20-18-12-10-17(11-13-18)15-19-16(2)3/h10-13,16,19H,4-9,14-15H2,1-3H3. The predicted molar refractivity (Wildman–Crippen MR) is 92.5 cm³/mol. The third-order valence-corrected chi connectivity index (χ3v) is 4.50. The van der Waals surface area contributed by atoms with Crippen molar-refractivity contribution in [2.75, 3.05) is 5.75 Å². The van der Waals surface area contributed by atoms with E-state index in [1.165, 1.54) is 54.7 Å². The van der Waals surface area contributed by atoms with E-state index in [1.807, 2.05) is 11.8 Å². The minimum absolute atomic E-state index is 0.553. The van der Waals surface area contributed by atoms with Gasteiger partial charge in [0.25, 0.3) is 0 Å². The molecule has 0 aliphatic carbocycles. The summed E-state index contributed by atoms with van der Waals surface area (Å²) < 4.78 is 0. The van der Waals surface area contributed by atoms with Crippen LogP contribution < -0.4 is 5.32 Å². The van der Waals surface area contributed by atoms with E-state index in [-0.39, 0.29) is 0 Å². The summed E-state index contributed by atoms with van der Waals surface area (Å²) in [6.07, 6.45) is 8.31. The quantitative estimate of drug-likeness (QED) is 0.419. The number of hydrogen-bond donors (Lipinski definition) is 1. The summed E-state index contributed by atoms with van der Waals surface area (Å²) in [7, 11) is 0. The van der Waals surface area contributed by atoms with Gasteiger partial charge in [0, 0.05) is 17.5 Å². The van der Waals surface area contributed by atoms with Crippen LogP contribution in [0.15, 0.2) is 29.2 Å². The lowest BCUT2D eigenvalue weighted by atomic mass is 10.1. The molecule has 1 N–H and O–H groups in total. The molecule has 1 rings (SSSR count). The number of unbranched alkanes of at least 4 members (excludes halogenated alkanes) is 5. The first kappa shape index (κ1) is 17.6. The van der Waals surface area contributed by atoms with Gasteiger partial charge in [-0.25, -0.2) is 0 Å². The smallest absolute Gasteiger partial charge is 0.0207 e. The molecule has 1 nitrogen and oxygen atoms in total. The van der Waals surface area contributed by atoms with Crippen LogP contribution in [0.3, 0.4) is 0 Å². The van der Waals surface area contributed by atoms with Crippen LogP contribution in [-0.4, -0.2) is 11.8 Å². The number of thioether (sulfide) groups is 1. The molecule has 0 radical (unpaired) electrons. The number of nitrogens with one attached hydrogen (secondary N) is 1. The summed E-state index contributed by atoms with van der Waals surface area (Å²) in [5, 5.41) is 3.45. The van der Waals surface area contributed by atoms with Crippen molar-refractivity contribution in [1.29, 1.82) is 0 Å². The van der Waals surface area contributed by atoms with Crippen LogP contribution in [0.5, 0.6) is 0 Å². The van der Waals surface area contributed by atoms with Crippen molar-refractivity contribution in [1.82, 2.24) is 5.32 Å². The minimum atomic E-state index is 0.553. The second-order valence-electron chi connectivity index (χ2n) is 5.80. The van der Waals surface area contributed by atoms with Gasteiger partial charge in [0.2, 0.25) is 0 Å². The summed E-state index contributed by atoms with van der Waals surface area (Å²) in [6, 6.07) is 9.58. The SMILES string of the molecule is CCCCCCCCSc1ccc(CNC(C)C)cc1. The summed E-state index contributed by atoms with van der Waals surface area (Å²) >= 11 is 2.00. The Hall–Kier alpha value is -0.470. The molecule has 0 saturated heterocycles. The Balaban J connectivity index is 2.12. The molecule has 2 heteroatoms. The Bertz CT molecular complexity index is 332. The highest BCUT2D eigenvalue weighted by Gasteiger charge is 1.98. The Labute approximate surface area is 129 Å². The topological polar surface area (TPSA) is 12.0 Å². The van der Waals surface area contributed by atoms with Crippen molar-refractivity contribution >= 4 is 11.8 Å². The van der Waals surface area contributed by atoms with Gasteiger partial charge in [-0.1, -0.05) is 65.0 Å². The second-order valence-corrected chi connectivity index (χ2v) is 6.96. The maximum atomic E-state index is 3.45. The fraction of sp³-hybridized carbons (Fsp3) is 0.667. The fourth-order valence-corrected chi connectivity index (χ4v) is 3.01. The highest BCUT2D eigenvalue weighted by molar-refractivity contribution is 7.99. The molecule has 0 aliphatic rings. The molecule has 0 bridgehead atoms. The average molecular weight is 294 g/mol. The Kier molecular flexibility index (Phi) is 9.86. The monoisotopic (exact) mass is 293 g/mol. The lowest BCUT2D eigenvalue weighted by Gasteiger charge is -2.08. The molecule has 0 spiro atoms. The maximum absolute atomic E-state index is 3.45. The average Bonchev–Trinajstić information content (AvgIpc) is 2.45. The zero-order valence-electron chi connectivity index (χ0n) is 13.5. The second kappa shape index (κ2) is 11.2. The minimum Gasteiger partial charge on any atom is -0.310 e. The number of hydrogen-bond acceptors (Lipinski definition) is 2. The molecule has 0 fully saturated rings. The maximum Gasteiger partial charge on any atom is 0.0207 e. The van der Waals surface area contributed by atoms with Crippen molar-refractivity contribution in [3.8, 4) is 0 Å². The highest BCUT2D eigenvalue weighted by atomic mass is 32.2. The van der Waals surface area contributed by atoms with Crippen molar-refractivity contribution in [2.24, 2.45) is 0 Å². The van der Waals surface area contributed by atoms with Gasteiger partial charge in [-0.2, -0.15) is 0 Å². The van der Waals surface area contributed by atoms with E-state index in [2.05, 4.69) is 50.4 Å². The summed E-state index contributed by atoms with van der Waals surface area (Å²) in [5.41, 5.74) is 1.38. The van der Waals surface area contributed by atoms with E-state index in [1.54, 1.807) is 0 Å². The molecule has 114 valence electrons. The van der Waals surface area contributed by atoms with E-state index in [0.29, 0.717) is 6.04 Å². The van der Waals surface area contributed by atoms with E-state index < -0.39 is 0 Å². The fourth-order valence-electron chi connectivity index (χ4n) is 2.10. The third kappa shape index (κ3) is 8.65. The van der Waals surface area contributed by atoms with E-state index >= 15 is 0 Å². The molecule has 20 heavy (non-hydrogen) atoms. The Morgan fingerprint density at radius 3 is 2.25 bits per heavy atom. The third-order valence-electron chi connectivity index (χ3n) is 3.40. The molecule has 0 amide bonds. The summed E-state index contributed by atoms with van der Waals surface area (Å²) in [6.45, 7) is 7.62. The molecule has 0 heterocycles. The van der Waals surface area contributed by atoms with E-state index in [9.17, 15) is 0 Å². The Morgan fingerprint density at radius 2 is 1.60 bits per heavy atom. The first-order valence-corrected chi connectivity index (χ1v) is 9.16. The normalized spacial score (nSPS) is 11.2. The molecule has 1 aromatic carbocycles. The largest absolute Gasteiger partial charge is 0.310 e. The van der Waals surface area contributed by atoms with Gasteiger partial charge in [-0.3, -0.25) is 0 Å². The molecule has 0 atom stereocenters. The molecule has 0 saturated carbocycles. The lowest BCUT2D eigenvalue weighted by Crippen LogP contribution is -2.21. The van der Waals surface area contributed by atoms with Gasteiger partial charge in [0.1, 0.15) is 0 Å². The molecule has 0 aliphatic heterocycles. The van der Waals surface area contributed by atoms with Crippen LogP contribution in [0.1, 0.15) is 64.9 Å². The zero-order chi connectivity index (χ0) is 14.6. The van der Waals surface area contributed by atoms with Crippen molar-refractivity contribution in [2.45, 2.75) is 76.8 Å². The van der Waals surface area contributed by atoms with Gasteiger partial charge >= 0.3 is 0 Å². The molecule has 0 unspecified atom stereocenters. The van der Waals surface area contributed by atoms with Gasteiger partial charge in [-0.15, -0.1) is 11.8 Å². The van der Waals surface area contributed by atoms with Crippen LogP contribution in [0.4, 0.5) is 0 Å². The highest BCUT2D eigenvalue weighted by Crippen LogP contribution is 2.20. The van der Waals surface area contributed by atoms with Crippen LogP contribution in [0, 0.1) is 0 Å². The van der Waals surface area contributed by atoms with Crippen LogP contribution >= 0.6 is 11.8 Å². The van der Waals surface area contributed by atoms with Gasteiger partial charge in [0.15, 0.2) is 0 Å². The van der Waals surface area contributed by atoms with Crippen LogP contribution in [0.25, 0.3) is 0 Å². The first-order valence-electron chi connectivity index (χ1n) is 8.17. The van der Waals surface area contributed by atoms with Gasteiger partial charge < -0.3 is 5.32 Å². The number of benzene rings is 1. The van der Waals surface area contributed by atoms with Crippen molar-refractivity contribution in [3.63, 3.8) is 0 Å². The molecule has 0 aromatic heterocycles. The Morgan fingerprint density at radius 1 is 0.950 bits per heavy atom. The summed E-state index contributed by atoms with van der Waals surface area (Å²) in [4.78, 5) is 1.41. The van der Waals surface area contributed by atoms with E-state index in [0.717, 1.165) is 6.54 Å². The van der Waals surface area contributed by atoms with Gasteiger partial charge in [0.05, 0.1) is 0 Å². The molecular weight excluding hydrogens is 262 g/mol. The molecular formula is C18H31NS. The van der Waals surface area contributed by atoms with Crippen molar-refractivity contribution in [3.05, 3.63) is 29.8 Å². The van der Waals surface area contributed by atoms with Crippen LogP contribution in [-0.2, 0) is 6.54 Å².